The van der Waals surface area contributed by atoms with E-state index >= 15 is 0 Å². The van der Waals surface area contributed by atoms with Crippen molar-refractivity contribution in [1.82, 2.24) is 4.31 Å². The van der Waals surface area contributed by atoms with Crippen molar-refractivity contribution in [1.29, 1.82) is 0 Å². The third-order valence-electron chi connectivity index (χ3n) is 2.61. The highest BCUT2D eigenvalue weighted by Crippen LogP contribution is 2.30. The number of carbonyl (C=O) groups is 1. The Hall–Kier alpha value is -0.640. The number of thioether (sulfide) groups is 1. The monoisotopic (exact) mass is 369 g/mol. The van der Waals surface area contributed by atoms with Gasteiger partial charge in [0.2, 0.25) is 10.0 Å². The SMILES string of the molecule is O=C(O)C1CSCN1S(=O)(=O)c1ccc(Br)cc1F. The normalized spacial score (nSPS) is 20.6. The predicted molar refractivity (Wildman–Crippen MR) is 71.9 cm³/mol. The molecule has 1 aliphatic heterocycles. The molecule has 0 bridgehead atoms. The molecule has 5 nitrogen and oxygen atoms in total. The van der Waals surface area contributed by atoms with Gasteiger partial charge in [-0.15, -0.1) is 11.8 Å². The van der Waals surface area contributed by atoms with Crippen LogP contribution in [0.3, 0.4) is 0 Å². The number of aliphatic carboxylic acids is 1. The summed E-state index contributed by atoms with van der Waals surface area (Å²) < 4.78 is 39.5. The van der Waals surface area contributed by atoms with Crippen molar-refractivity contribution in [3.05, 3.63) is 28.5 Å². The fourth-order valence-electron chi connectivity index (χ4n) is 1.67. The van der Waals surface area contributed by atoms with Gasteiger partial charge < -0.3 is 5.11 Å². The smallest absolute Gasteiger partial charge is 0.322 e. The number of benzene rings is 1. The number of carboxylic acids is 1. The third kappa shape index (κ3) is 2.78. The molecular formula is C10H9BrFNO4S2. The lowest BCUT2D eigenvalue weighted by atomic mass is 10.3. The summed E-state index contributed by atoms with van der Waals surface area (Å²) in [6.45, 7) is 0. The highest BCUT2D eigenvalue weighted by atomic mass is 79.9. The molecule has 19 heavy (non-hydrogen) atoms. The lowest BCUT2D eigenvalue weighted by molar-refractivity contribution is -0.140. The topological polar surface area (TPSA) is 74.7 Å². The van der Waals surface area contributed by atoms with E-state index < -0.39 is 32.7 Å². The van der Waals surface area contributed by atoms with Crippen molar-refractivity contribution in [2.24, 2.45) is 0 Å². The molecule has 1 aliphatic rings. The van der Waals surface area contributed by atoms with Gasteiger partial charge in [-0.3, -0.25) is 4.79 Å². The Morgan fingerprint density at radius 3 is 2.79 bits per heavy atom. The fraction of sp³-hybridized carbons (Fsp3) is 0.300. The van der Waals surface area contributed by atoms with Crippen molar-refractivity contribution in [2.75, 3.05) is 11.6 Å². The minimum absolute atomic E-state index is 0.00873. The van der Waals surface area contributed by atoms with Gasteiger partial charge in [0, 0.05) is 10.2 Å². The Morgan fingerprint density at radius 1 is 1.53 bits per heavy atom. The van der Waals surface area contributed by atoms with Gasteiger partial charge in [0.25, 0.3) is 0 Å². The summed E-state index contributed by atoms with van der Waals surface area (Å²) >= 11 is 4.22. The lowest BCUT2D eigenvalue weighted by Crippen LogP contribution is -2.41. The summed E-state index contributed by atoms with van der Waals surface area (Å²) in [6, 6.07) is 2.40. The summed E-state index contributed by atoms with van der Waals surface area (Å²) in [5.41, 5.74) is 0. The van der Waals surface area contributed by atoms with E-state index in [1.165, 1.54) is 17.8 Å². The maximum atomic E-state index is 13.7. The van der Waals surface area contributed by atoms with E-state index in [4.69, 9.17) is 5.11 Å². The second-order valence-electron chi connectivity index (χ2n) is 3.82. The molecule has 0 spiro atoms. The number of sulfonamides is 1. The second kappa shape index (κ2) is 5.39. The standard InChI is InChI=1S/C10H9BrFNO4S2/c11-6-1-2-9(7(12)3-6)19(16,17)13-5-18-4-8(13)10(14)15/h1-3,8H,4-5H2,(H,14,15). The molecule has 1 heterocycles. The van der Waals surface area contributed by atoms with Crippen LogP contribution in [0.1, 0.15) is 0 Å². The Balaban J connectivity index is 2.45. The average Bonchev–Trinajstić information content (AvgIpc) is 2.77. The first kappa shape index (κ1) is 14.8. The molecule has 0 radical (unpaired) electrons. The maximum absolute atomic E-state index is 13.7. The molecule has 0 saturated carbocycles. The first-order valence-corrected chi connectivity index (χ1v) is 8.50. The Labute approximate surface area is 122 Å². The fourth-order valence-corrected chi connectivity index (χ4v) is 5.18. The molecule has 1 saturated heterocycles. The van der Waals surface area contributed by atoms with Crippen molar-refractivity contribution >= 4 is 43.7 Å². The average molecular weight is 370 g/mol. The number of hydrogen-bond donors (Lipinski definition) is 1. The molecular weight excluding hydrogens is 361 g/mol. The molecule has 1 N–H and O–H groups in total. The molecule has 0 aliphatic carbocycles. The molecule has 0 amide bonds. The summed E-state index contributed by atoms with van der Waals surface area (Å²) in [7, 11) is -4.14. The summed E-state index contributed by atoms with van der Waals surface area (Å²) in [5.74, 6) is -1.97. The van der Waals surface area contributed by atoms with E-state index in [0.717, 1.165) is 16.4 Å². The van der Waals surface area contributed by atoms with Crippen LogP contribution in [0.25, 0.3) is 0 Å². The van der Waals surface area contributed by atoms with Crippen LogP contribution in [0.5, 0.6) is 0 Å². The largest absolute Gasteiger partial charge is 0.480 e. The molecule has 1 aromatic carbocycles. The van der Waals surface area contributed by atoms with Crippen LogP contribution in [-0.2, 0) is 14.8 Å². The van der Waals surface area contributed by atoms with E-state index in [1.54, 1.807) is 0 Å². The molecule has 1 aromatic rings. The van der Waals surface area contributed by atoms with E-state index in [1.807, 2.05) is 0 Å². The van der Waals surface area contributed by atoms with Crippen molar-refractivity contribution in [3.8, 4) is 0 Å². The zero-order chi connectivity index (χ0) is 14.2. The van der Waals surface area contributed by atoms with Crippen LogP contribution in [0.2, 0.25) is 0 Å². The number of nitrogens with zero attached hydrogens (tertiary/aromatic N) is 1. The number of halogens is 2. The second-order valence-corrected chi connectivity index (χ2v) is 7.60. The molecule has 1 atom stereocenters. The summed E-state index contributed by atoms with van der Waals surface area (Å²) in [4.78, 5) is 10.5. The third-order valence-corrected chi connectivity index (χ3v) is 6.16. The maximum Gasteiger partial charge on any atom is 0.322 e. The van der Waals surface area contributed by atoms with Gasteiger partial charge in [-0.05, 0) is 18.2 Å². The highest BCUT2D eigenvalue weighted by Gasteiger charge is 2.41. The Kier molecular flexibility index (Phi) is 4.19. The van der Waals surface area contributed by atoms with E-state index in [-0.39, 0.29) is 11.6 Å². The molecule has 104 valence electrons. The van der Waals surface area contributed by atoms with E-state index in [9.17, 15) is 17.6 Å². The van der Waals surface area contributed by atoms with Gasteiger partial charge in [-0.25, -0.2) is 12.8 Å². The van der Waals surface area contributed by atoms with Gasteiger partial charge in [-0.2, -0.15) is 4.31 Å². The lowest BCUT2D eigenvalue weighted by Gasteiger charge is -2.20. The molecule has 9 heteroatoms. The quantitative estimate of drug-likeness (QED) is 0.877. The van der Waals surface area contributed by atoms with E-state index in [2.05, 4.69) is 15.9 Å². The van der Waals surface area contributed by atoms with Crippen LogP contribution in [-0.4, -0.2) is 41.5 Å². The van der Waals surface area contributed by atoms with Crippen LogP contribution in [0, 0.1) is 5.82 Å². The highest BCUT2D eigenvalue weighted by molar-refractivity contribution is 9.10. The van der Waals surface area contributed by atoms with Gasteiger partial charge in [0.1, 0.15) is 16.8 Å². The molecule has 1 fully saturated rings. The van der Waals surface area contributed by atoms with Gasteiger partial charge in [0.05, 0.1) is 5.88 Å². The van der Waals surface area contributed by atoms with Gasteiger partial charge in [0.15, 0.2) is 0 Å². The van der Waals surface area contributed by atoms with Gasteiger partial charge >= 0.3 is 5.97 Å². The van der Waals surface area contributed by atoms with Crippen molar-refractivity contribution in [3.63, 3.8) is 0 Å². The predicted octanol–water partition coefficient (Wildman–Crippen LogP) is 1.74. The van der Waals surface area contributed by atoms with Crippen LogP contribution in [0.15, 0.2) is 27.6 Å². The minimum atomic E-state index is -4.14. The van der Waals surface area contributed by atoms with E-state index in [0.29, 0.717) is 4.47 Å². The molecule has 1 unspecified atom stereocenters. The Bertz CT molecular complexity index is 622. The number of carboxylic acid groups (broad SMARTS) is 1. The van der Waals surface area contributed by atoms with Crippen molar-refractivity contribution in [2.45, 2.75) is 10.9 Å². The first-order chi connectivity index (χ1) is 8.84. The number of hydrogen-bond acceptors (Lipinski definition) is 4. The zero-order valence-corrected chi connectivity index (χ0v) is 12.6. The zero-order valence-electron chi connectivity index (χ0n) is 9.42. The number of rotatable bonds is 3. The first-order valence-electron chi connectivity index (χ1n) is 5.11. The summed E-state index contributed by atoms with van der Waals surface area (Å²) in [6.07, 6.45) is 0. The van der Waals surface area contributed by atoms with Gasteiger partial charge in [-0.1, -0.05) is 15.9 Å². The molecule has 2 rings (SSSR count). The summed E-state index contributed by atoms with van der Waals surface area (Å²) in [5, 5.41) is 8.99. The van der Waals surface area contributed by atoms with Crippen molar-refractivity contribution < 1.29 is 22.7 Å². The van der Waals surface area contributed by atoms with Crippen LogP contribution < -0.4 is 0 Å². The molecule has 0 aromatic heterocycles. The van der Waals surface area contributed by atoms with Crippen LogP contribution >= 0.6 is 27.7 Å². The Morgan fingerprint density at radius 2 is 2.21 bits per heavy atom. The minimum Gasteiger partial charge on any atom is -0.480 e. The van der Waals surface area contributed by atoms with Crippen LogP contribution in [0.4, 0.5) is 4.39 Å².